The van der Waals surface area contributed by atoms with Crippen LogP contribution in [0.1, 0.15) is 16.0 Å². The van der Waals surface area contributed by atoms with Crippen LogP contribution in [0, 0.1) is 0 Å². The molecule has 0 spiro atoms. The highest BCUT2D eigenvalue weighted by Gasteiger charge is 2.12. The smallest absolute Gasteiger partial charge is 0.216 e. The highest BCUT2D eigenvalue weighted by Crippen LogP contribution is 2.21. The third-order valence-corrected chi connectivity index (χ3v) is 5.19. The molecular weight excluding hydrogens is 318 g/mol. The van der Waals surface area contributed by atoms with E-state index in [2.05, 4.69) is 4.72 Å². The van der Waals surface area contributed by atoms with E-state index in [-0.39, 0.29) is 18.9 Å². The van der Waals surface area contributed by atoms with Crippen molar-refractivity contribution in [2.24, 2.45) is 0 Å². The minimum atomic E-state index is -3.39. The Labute approximate surface area is 127 Å². The predicted molar refractivity (Wildman–Crippen MR) is 81.2 cm³/mol. The lowest BCUT2D eigenvalue weighted by Gasteiger charge is -2.06. The van der Waals surface area contributed by atoms with E-state index >= 15 is 0 Å². The first-order valence-electron chi connectivity index (χ1n) is 5.89. The highest BCUT2D eigenvalue weighted by molar-refractivity contribution is 7.88. The van der Waals surface area contributed by atoms with Crippen LogP contribution in [0.4, 0.5) is 0 Å². The molecule has 2 N–H and O–H groups in total. The largest absolute Gasteiger partial charge is 0.392 e. The van der Waals surface area contributed by atoms with Crippen LogP contribution in [0.15, 0.2) is 36.4 Å². The van der Waals surface area contributed by atoms with Crippen LogP contribution in [-0.4, -0.2) is 13.5 Å². The molecule has 0 atom stereocenters. The third kappa shape index (κ3) is 4.57. The van der Waals surface area contributed by atoms with E-state index in [1.54, 1.807) is 36.4 Å². The maximum Gasteiger partial charge on any atom is 0.216 e. The predicted octanol–water partition coefficient (Wildman–Crippen LogP) is 2.51. The molecule has 7 heteroatoms. The highest BCUT2D eigenvalue weighted by atomic mass is 35.5. The van der Waals surface area contributed by atoms with E-state index in [0.29, 0.717) is 9.90 Å². The molecule has 20 heavy (non-hydrogen) atoms. The lowest BCUT2D eigenvalue weighted by atomic mass is 10.2. The van der Waals surface area contributed by atoms with Gasteiger partial charge in [0.2, 0.25) is 10.0 Å². The summed E-state index contributed by atoms with van der Waals surface area (Å²) in [6.45, 7) is 0.193. The van der Waals surface area contributed by atoms with Gasteiger partial charge in [-0.2, -0.15) is 0 Å². The van der Waals surface area contributed by atoms with Crippen molar-refractivity contribution in [3.63, 3.8) is 0 Å². The van der Waals surface area contributed by atoms with Crippen molar-refractivity contribution < 1.29 is 13.5 Å². The molecule has 0 aliphatic carbocycles. The number of sulfonamides is 1. The Balaban J connectivity index is 1.96. The van der Waals surface area contributed by atoms with Gasteiger partial charge in [-0.3, -0.25) is 0 Å². The summed E-state index contributed by atoms with van der Waals surface area (Å²) < 4.78 is 27.1. The van der Waals surface area contributed by atoms with Gasteiger partial charge in [0.15, 0.2) is 0 Å². The fourth-order valence-electron chi connectivity index (χ4n) is 1.64. The Morgan fingerprint density at radius 3 is 2.30 bits per heavy atom. The van der Waals surface area contributed by atoms with E-state index in [4.69, 9.17) is 16.7 Å². The Hall–Kier alpha value is -0.920. The molecule has 0 unspecified atom stereocenters. The fourth-order valence-corrected chi connectivity index (χ4v) is 3.87. The van der Waals surface area contributed by atoms with E-state index in [0.717, 1.165) is 10.4 Å². The van der Waals surface area contributed by atoms with Gasteiger partial charge in [0.1, 0.15) is 0 Å². The Kier molecular flexibility index (Phi) is 5.17. The minimum absolute atomic E-state index is 0.0512. The molecule has 1 heterocycles. The molecule has 2 aromatic rings. The molecule has 0 fully saturated rings. The normalized spacial score (nSPS) is 11.7. The van der Waals surface area contributed by atoms with Crippen molar-refractivity contribution >= 4 is 33.0 Å². The zero-order chi connectivity index (χ0) is 14.6. The summed E-state index contributed by atoms with van der Waals surface area (Å²) in [4.78, 5) is 0.870. The fraction of sp³-hybridized carbons (Fsp3) is 0.231. The molecule has 4 nitrogen and oxygen atoms in total. The summed E-state index contributed by atoms with van der Waals surface area (Å²) in [5.74, 6) is -0.0855. The second-order valence-corrected chi connectivity index (χ2v) is 7.87. The van der Waals surface area contributed by atoms with Crippen molar-refractivity contribution in [2.75, 3.05) is 0 Å². The first-order valence-corrected chi connectivity index (χ1v) is 8.73. The van der Waals surface area contributed by atoms with E-state index in [1.807, 2.05) is 0 Å². The first-order chi connectivity index (χ1) is 9.48. The van der Waals surface area contributed by atoms with E-state index in [1.165, 1.54) is 11.3 Å². The minimum Gasteiger partial charge on any atom is -0.392 e. The number of aliphatic hydroxyl groups is 1. The van der Waals surface area contributed by atoms with Gasteiger partial charge in [-0.25, -0.2) is 13.1 Å². The van der Waals surface area contributed by atoms with Crippen LogP contribution < -0.4 is 4.72 Å². The van der Waals surface area contributed by atoms with Crippen LogP contribution in [0.2, 0.25) is 4.34 Å². The Morgan fingerprint density at radius 1 is 1.10 bits per heavy atom. The Morgan fingerprint density at radius 2 is 1.75 bits per heavy atom. The van der Waals surface area contributed by atoms with Gasteiger partial charge >= 0.3 is 0 Å². The summed E-state index contributed by atoms with van der Waals surface area (Å²) in [7, 11) is -3.39. The van der Waals surface area contributed by atoms with Gasteiger partial charge in [0.25, 0.3) is 0 Å². The second kappa shape index (κ2) is 6.69. The molecular formula is C13H14ClNO3S2. The molecule has 0 radical (unpaired) electrons. The molecule has 0 bridgehead atoms. The van der Waals surface area contributed by atoms with Gasteiger partial charge in [-0.05, 0) is 23.3 Å². The summed E-state index contributed by atoms with van der Waals surface area (Å²) in [6.07, 6.45) is 0. The molecule has 2 rings (SSSR count). The Bertz CT molecular complexity index is 665. The van der Waals surface area contributed by atoms with Crippen LogP contribution in [0.5, 0.6) is 0 Å². The molecule has 1 aromatic carbocycles. The molecule has 0 aliphatic rings. The molecule has 0 saturated carbocycles. The van der Waals surface area contributed by atoms with E-state index < -0.39 is 10.0 Å². The topological polar surface area (TPSA) is 66.4 Å². The van der Waals surface area contributed by atoms with Gasteiger partial charge in [-0.15, -0.1) is 11.3 Å². The number of hydrogen-bond donors (Lipinski definition) is 2. The van der Waals surface area contributed by atoms with Gasteiger partial charge in [-0.1, -0.05) is 35.9 Å². The second-order valence-electron chi connectivity index (χ2n) is 4.26. The molecule has 108 valence electrons. The van der Waals surface area contributed by atoms with Crippen molar-refractivity contribution in [3.8, 4) is 0 Å². The summed E-state index contributed by atoms with van der Waals surface area (Å²) in [5, 5.41) is 8.93. The number of hydrogen-bond acceptors (Lipinski definition) is 4. The average molecular weight is 332 g/mol. The van der Waals surface area contributed by atoms with Crippen molar-refractivity contribution in [1.29, 1.82) is 0 Å². The lowest BCUT2D eigenvalue weighted by Crippen LogP contribution is -2.24. The van der Waals surface area contributed by atoms with Crippen molar-refractivity contribution in [1.82, 2.24) is 4.72 Å². The summed E-state index contributed by atoms with van der Waals surface area (Å²) in [6, 6.07) is 10.4. The van der Waals surface area contributed by atoms with Crippen LogP contribution in [0.25, 0.3) is 0 Å². The number of thiophene rings is 1. The number of benzene rings is 1. The van der Waals surface area contributed by atoms with Crippen molar-refractivity contribution in [3.05, 3.63) is 56.7 Å². The molecule has 1 aromatic heterocycles. The molecule has 0 amide bonds. The number of rotatable bonds is 6. The zero-order valence-corrected chi connectivity index (χ0v) is 12.9. The standard InChI is InChI=1S/C13H14ClNO3S2/c14-13-6-5-12(19-13)7-15-20(17,18)9-11-3-1-10(8-16)2-4-11/h1-6,15-16H,7-9H2. The maximum absolute atomic E-state index is 11.9. The van der Waals surface area contributed by atoms with Crippen molar-refractivity contribution in [2.45, 2.75) is 18.9 Å². The third-order valence-electron chi connectivity index (χ3n) is 2.66. The van der Waals surface area contributed by atoms with Gasteiger partial charge in [0, 0.05) is 11.4 Å². The van der Waals surface area contributed by atoms with Crippen LogP contribution >= 0.6 is 22.9 Å². The maximum atomic E-state index is 11.9. The van der Waals surface area contributed by atoms with Crippen LogP contribution in [-0.2, 0) is 28.9 Å². The zero-order valence-electron chi connectivity index (χ0n) is 10.5. The quantitative estimate of drug-likeness (QED) is 0.854. The van der Waals surface area contributed by atoms with Crippen LogP contribution in [0.3, 0.4) is 0 Å². The number of halogens is 1. The lowest BCUT2D eigenvalue weighted by molar-refractivity contribution is 0.282. The monoisotopic (exact) mass is 331 g/mol. The number of nitrogens with one attached hydrogen (secondary N) is 1. The molecule has 0 aliphatic heterocycles. The van der Waals surface area contributed by atoms with E-state index in [9.17, 15) is 8.42 Å². The average Bonchev–Trinajstić information content (AvgIpc) is 2.83. The number of aliphatic hydroxyl groups excluding tert-OH is 1. The first kappa shape index (κ1) is 15.5. The van der Waals surface area contributed by atoms with Gasteiger partial charge in [0.05, 0.1) is 16.7 Å². The summed E-state index contributed by atoms with van der Waals surface area (Å²) >= 11 is 7.14. The SMILES string of the molecule is O=S(=O)(Cc1ccc(CO)cc1)NCc1ccc(Cl)s1. The van der Waals surface area contributed by atoms with Gasteiger partial charge < -0.3 is 5.11 Å². The summed E-state index contributed by atoms with van der Waals surface area (Å²) in [5.41, 5.74) is 1.44. The molecule has 0 saturated heterocycles.